The number of hydrogen-bond donors (Lipinski definition) is 1. The number of halogens is 2. The van der Waals surface area contributed by atoms with E-state index in [2.05, 4.69) is 9.97 Å². The van der Waals surface area contributed by atoms with E-state index >= 15 is 0 Å². The highest BCUT2D eigenvalue weighted by Crippen LogP contribution is 2.18. The average Bonchev–Trinajstić information content (AvgIpc) is 2.35. The van der Waals surface area contributed by atoms with E-state index < -0.39 is 5.82 Å². The maximum absolute atomic E-state index is 13.5. The summed E-state index contributed by atoms with van der Waals surface area (Å²) in [6, 6.07) is 7.33. The molecular weight excluding hydrogens is 255 g/mol. The molecule has 0 aliphatic carbocycles. The van der Waals surface area contributed by atoms with Crippen LogP contribution in [-0.4, -0.2) is 17.0 Å². The number of rotatable bonds is 3. The Morgan fingerprint density at radius 3 is 2.67 bits per heavy atom. The maximum Gasteiger partial charge on any atom is 0.222 e. The highest BCUT2D eigenvalue weighted by atomic mass is 35.5. The SMILES string of the molecule is CN(Cc1ccc(Cl)cc1)c1nc(N)ncc1F. The van der Waals surface area contributed by atoms with Gasteiger partial charge in [-0.25, -0.2) is 9.37 Å². The predicted octanol–water partition coefficient (Wildman–Crippen LogP) is 2.49. The minimum absolute atomic E-state index is 0.0503. The van der Waals surface area contributed by atoms with Crippen LogP contribution in [0.15, 0.2) is 30.5 Å². The van der Waals surface area contributed by atoms with Crippen molar-refractivity contribution in [3.63, 3.8) is 0 Å². The lowest BCUT2D eigenvalue weighted by molar-refractivity contribution is 0.608. The minimum atomic E-state index is -0.499. The van der Waals surface area contributed by atoms with Crippen molar-refractivity contribution in [2.24, 2.45) is 0 Å². The van der Waals surface area contributed by atoms with E-state index in [1.807, 2.05) is 12.1 Å². The Kier molecular flexibility index (Phi) is 3.62. The number of anilines is 2. The molecule has 2 aromatic rings. The molecule has 0 radical (unpaired) electrons. The van der Waals surface area contributed by atoms with Crippen molar-refractivity contribution in [3.05, 3.63) is 46.9 Å². The fraction of sp³-hybridized carbons (Fsp3) is 0.167. The normalized spacial score (nSPS) is 10.4. The summed E-state index contributed by atoms with van der Waals surface area (Å²) in [6.07, 6.45) is 1.07. The summed E-state index contributed by atoms with van der Waals surface area (Å²) < 4.78 is 13.5. The van der Waals surface area contributed by atoms with Gasteiger partial charge in [0, 0.05) is 18.6 Å². The van der Waals surface area contributed by atoms with Crippen LogP contribution in [0, 0.1) is 5.82 Å². The van der Waals surface area contributed by atoms with Crippen LogP contribution in [0.1, 0.15) is 5.56 Å². The quantitative estimate of drug-likeness (QED) is 0.927. The summed E-state index contributed by atoms with van der Waals surface area (Å²) in [7, 11) is 1.74. The lowest BCUT2D eigenvalue weighted by Crippen LogP contribution is -2.20. The largest absolute Gasteiger partial charge is 0.368 e. The Bertz CT molecular complexity index is 544. The van der Waals surface area contributed by atoms with Crippen molar-refractivity contribution in [2.75, 3.05) is 17.7 Å². The molecule has 1 aromatic carbocycles. The molecule has 2 rings (SSSR count). The monoisotopic (exact) mass is 266 g/mol. The van der Waals surface area contributed by atoms with Gasteiger partial charge in [0.15, 0.2) is 11.6 Å². The molecule has 94 valence electrons. The molecule has 0 amide bonds. The Morgan fingerprint density at radius 1 is 1.33 bits per heavy atom. The van der Waals surface area contributed by atoms with E-state index in [1.54, 1.807) is 24.1 Å². The summed E-state index contributed by atoms with van der Waals surface area (Å²) in [4.78, 5) is 9.13. The van der Waals surface area contributed by atoms with E-state index in [4.69, 9.17) is 17.3 Å². The molecule has 0 aliphatic rings. The van der Waals surface area contributed by atoms with Crippen LogP contribution in [0.3, 0.4) is 0 Å². The van der Waals surface area contributed by atoms with Gasteiger partial charge in [-0.1, -0.05) is 23.7 Å². The zero-order chi connectivity index (χ0) is 13.1. The molecule has 0 spiro atoms. The number of nitrogens with two attached hydrogens (primary N) is 1. The lowest BCUT2D eigenvalue weighted by atomic mass is 10.2. The van der Waals surface area contributed by atoms with Gasteiger partial charge in [-0.05, 0) is 17.7 Å². The first-order valence-corrected chi connectivity index (χ1v) is 5.67. The molecular formula is C12H12ClFN4. The Labute approximate surface area is 109 Å². The van der Waals surface area contributed by atoms with Crippen LogP contribution in [-0.2, 0) is 6.54 Å². The summed E-state index contributed by atoms with van der Waals surface area (Å²) in [5, 5.41) is 0.666. The zero-order valence-corrected chi connectivity index (χ0v) is 10.5. The zero-order valence-electron chi connectivity index (χ0n) is 9.77. The number of hydrogen-bond acceptors (Lipinski definition) is 4. The van der Waals surface area contributed by atoms with Crippen LogP contribution in [0.2, 0.25) is 5.02 Å². The van der Waals surface area contributed by atoms with Gasteiger partial charge in [0.05, 0.1) is 6.20 Å². The standard InChI is InChI=1S/C12H12ClFN4/c1-18(7-8-2-4-9(13)5-3-8)11-10(14)6-16-12(15)17-11/h2-6H,7H2,1H3,(H2,15,16,17). The van der Waals surface area contributed by atoms with Crippen molar-refractivity contribution in [1.29, 1.82) is 0 Å². The fourth-order valence-electron chi connectivity index (χ4n) is 1.58. The molecule has 6 heteroatoms. The highest BCUT2D eigenvalue weighted by molar-refractivity contribution is 6.30. The van der Waals surface area contributed by atoms with Crippen molar-refractivity contribution < 1.29 is 4.39 Å². The van der Waals surface area contributed by atoms with Gasteiger partial charge < -0.3 is 10.6 Å². The van der Waals surface area contributed by atoms with Crippen LogP contribution in [0.4, 0.5) is 16.2 Å². The summed E-state index contributed by atoms with van der Waals surface area (Å²) in [5.74, 6) is -0.271. The minimum Gasteiger partial charge on any atom is -0.368 e. The lowest BCUT2D eigenvalue weighted by Gasteiger charge is -2.18. The summed E-state index contributed by atoms with van der Waals surface area (Å²) in [6.45, 7) is 0.505. The van der Waals surface area contributed by atoms with Gasteiger partial charge in [-0.15, -0.1) is 0 Å². The first kappa shape index (κ1) is 12.6. The van der Waals surface area contributed by atoms with Crippen LogP contribution < -0.4 is 10.6 Å². The Morgan fingerprint density at radius 2 is 2.00 bits per heavy atom. The third-order valence-corrected chi connectivity index (χ3v) is 2.69. The van der Waals surface area contributed by atoms with E-state index in [9.17, 15) is 4.39 Å². The smallest absolute Gasteiger partial charge is 0.222 e. The second kappa shape index (κ2) is 5.18. The van der Waals surface area contributed by atoms with E-state index in [-0.39, 0.29) is 11.8 Å². The number of aromatic nitrogens is 2. The molecule has 0 saturated carbocycles. The second-order valence-corrected chi connectivity index (χ2v) is 4.32. The predicted molar refractivity (Wildman–Crippen MR) is 70.0 cm³/mol. The molecule has 0 unspecified atom stereocenters. The molecule has 0 saturated heterocycles. The number of nitrogen functional groups attached to an aromatic ring is 1. The number of benzene rings is 1. The molecule has 0 fully saturated rings. The van der Waals surface area contributed by atoms with Gasteiger partial charge in [-0.2, -0.15) is 4.98 Å². The molecule has 1 aromatic heterocycles. The van der Waals surface area contributed by atoms with Crippen molar-refractivity contribution >= 4 is 23.4 Å². The van der Waals surface area contributed by atoms with Gasteiger partial charge in [0.25, 0.3) is 0 Å². The Balaban J connectivity index is 2.18. The van der Waals surface area contributed by atoms with Crippen LogP contribution in [0.25, 0.3) is 0 Å². The first-order valence-electron chi connectivity index (χ1n) is 5.30. The fourth-order valence-corrected chi connectivity index (χ4v) is 1.70. The summed E-state index contributed by atoms with van der Waals surface area (Å²) in [5.41, 5.74) is 6.44. The van der Waals surface area contributed by atoms with E-state index in [1.165, 1.54) is 0 Å². The topological polar surface area (TPSA) is 55.0 Å². The second-order valence-electron chi connectivity index (χ2n) is 3.88. The van der Waals surface area contributed by atoms with Gasteiger partial charge in [-0.3, -0.25) is 0 Å². The molecule has 0 atom stereocenters. The van der Waals surface area contributed by atoms with Gasteiger partial charge >= 0.3 is 0 Å². The molecule has 1 heterocycles. The molecule has 4 nitrogen and oxygen atoms in total. The molecule has 2 N–H and O–H groups in total. The average molecular weight is 267 g/mol. The van der Waals surface area contributed by atoms with Crippen LogP contribution in [0.5, 0.6) is 0 Å². The summed E-state index contributed by atoms with van der Waals surface area (Å²) >= 11 is 5.80. The number of nitrogens with zero attached hydrogens (tertiary/aromatic N) is 3. The molecule has 0 aliphatic heterocycles. The van der Waals surface area contributed by atoms with Crippen molar-refractivity contribution in [3.8, 4) is 0 Å². The van der Waals surface area contributed by atoms with E-state index in [0.717, 1.165) is 11.8 Å². The third-order valence-electron chi connectivity index (χ3n) is 2.44. The molecule has 0 bridgehead atoms. The molecule has 18 heavy (non-hydrogen) atoms. The van der Waals surface area contributed by atoms with Crippen molar-refractivity contribution in [1.82, 2.24) is 9.97 Å². The highest BCUT2D eigenvalue weighted by Gasteiger charge is 2.11. The third kappa shape index (κ3) is 2.87. The van der Waals surface area contributed by atoms with E-state index in [0.29, 0.717) is 11.6 Å². The maximum atomic E-state index is 13.5. The van der Waals surface area contributed by atoms with Gasteiger partial charge in [0.2, 0.25) is 5.95 Å². The van der Waals surface area contributed by atoms with Gasteiger partial charge in [0.1, 0.15) is 0 Å². The Hall–Kier alpha value is -1.88. The first-order chi connectivity index (χ1) is 8.56. The van der Waals surface area contributed by atoms with Crippen LogP contribution >= 0.6 is 11.6 Å². The van der Waals surface area contributed by atoms with Crippen molar-refractivity contribution in [2.45, 2.75) is 6.54 Å².